The van der Waals surface area contributed by atoms with E-state index in [1.807, 2.05) is 13.0 Å². The maximum Gasteiger partial charge on any atom is 0.317 e. The van der Waals surface area contributed by atoms with Gasteiger partial charge in [0.25, 0.3) is 0 Å². The number of rotatable bonds is 5. The molecule has 4 heteroatoms. The zero-order valence-electron chi connectivity index (χ0n) is 13.7. The summed E-state index contributed by atoms with van der Waals surface area (Å²) >= 11 is 0. The zero-order valence-corrected chi connectivity index (χ0v) is 13.7. The molecule has 1 fully saturated rings. The smallest absolute Gasteiger partial charge is 0.317 e. The molecule has 0 bridgehead atoms. The number of aliphatic hydroxyl groups is 1. The summed E-state index contributed by atoms with van der Waals surface area (Å²) in [4.78, 5) is 13.9. The second-order valence-electron chi connectivity index (χ2n) is 6.43. The molecule has 0 heterocycles. The SMILES string of the molecule is CC(CO)N(C)C(=O)NC1CCCCC1Cc1ccccc1. The number of nitrogens with zero attached hydrogens (tertiary/aromatic N) is 1. The molecule has 0 aromatic heterocycles. The van der Waals surface area contributed by atoms with Gasteiger partial charge in [0.05, 0.1) is 12.6 Å². The Kier molecular flexibility index (Phi) is 6.25. The van der Waals surface area contributed by atoms with E-state index in [2.05, 4.69) is 29.6 Å². The first-order valence-corrected chi connectivity index (χ1v) is 8.30. The van der Waals surface area contributed by atoms with Gasteiger partial charge in [0, 0.05) is 13.1 Å². The van der Waals surface area contributed by atoms with E-state index in [-0.39, 0.29) is 24.7 Å². The van der Waals surface area contributed by atoms with Crippen LogP contribution in [0.1, 0.15) is 38.2 Å². The van der Waals surface area contributed by atoms with Crippen LogP contribution in [0.25, 0.3) is 0 Å². The maximum atomic E-state index is 12.3. The summed E-state index contributed by atoms with van der Waals surface area (Å²) in [6.45, 7) is 1.84. The highest BCUT2D eigenvalue weighted by molar-refractivity contribution is 5.74. The Labute approximate surface area is 133 Å². The van der Waals surface area contributed by atoms with Gasteiger partial charge in [-0.3, -0.25) is 0 Å². The maximum absolute atomic E-state index is 12.3. The van der Waals surface area contributed by atoms with E-state index >= 15 is 0 Å². The van der Waals surface area contributed by atoms with Crippen LogP contribution in [0.3, 0.4) is 0 Å². The number of amides is 2. The molecule has 0 spiro atoms. The molecule has 2 rings (SSSR count). The summed E-state index contributed by atoms with van der Waals surface area (Å²) in [6, 6.07) is 10.5. The van der Waals surface area contributed by atoms with E-state index in [1.54, 1.807) is 11.9 Å². The third-order valence-corrected chi connectivity index (χ3v) is 4.80. The molecular formula is C18H28N2O2. The van der Waals surface area contributed by atoms with Crippen molar-refractivity contribution in [1.82, 2.24) is 10.2 Å². The number of hydrogen-bond donors (Lipinski definition) is 2. The Morgan fingerprint density at radius 2 is 2.00 bits per heavy atom. The fourth-order valence-electron chi connectivity index (χ4n) is 3.14. The lowest BCUT2D eigenvalue weighted by Gasteiger charge is -2.34. The second-order valence-corrected chi connectivity index (χ2v) is 6.43. The molecular weight excluding hydrogens is 276 g/mol. The molecule has 2 N–H and O–H groups in total. The number of nitrogens with one attached hydrogen (secondary N) is 1. The van der Waals surface area contributed by atoms with Crippen molar-refractivity contribution in [2.75, 3.05) is 13.7 Å². The van der Waals surface area contributed by atoms with Crippen LogP contribution >= 0.6 is 0 Å². The summed E-state index contributed by atoms with van der Waals surface area (Å²) in [5.41, 5.74) is 1.34. The van der Waals surface area contributed by atoms with Crippen LogP contribution in [0.5, 0.6) is 0 Å². The standard InChI is InChI=1S/C18H28N2O2/c1-14(13-21)20(2)18(22)19-17-11-7-6-10-16(17)12-15-8-4-3-5-9-15/h3-5,8-9,14,16-17,21H,6-7,10-13H2,1-2H3,(H,19,22). The Bertz CT molecular complexity index is 463. The minimum atomic E-state index is -0.156. The lowest BCUT2D eigenvalue weighted by Crippen LogP contribution is -2.50. The first kappa shape index (κ1) is 16.8. The Morgan fingerprint density at radius 1 is 1.32 bits per heavy atom. The van der Waals surface area contributed by atoms with Crippen LogP contribution in [0.15, 0.2) is 30.3 Å². The quantitative estimate of drug-likeness (QED) is 0.879. The highest BCUT2D eigenvalue weighted by atomic mass is 16.3. The van der Waals surface area contributed by atoms with Crippen LogP contribution in [-0.4, -0.2) is 41.8 Å². The molecule has 2 amide bonds. The van der Waals surface area contributed by atoms with Gasteiger partial charge in [-0.15, -0.1) is 0 Å². The van der Waals surface area contributed by atoms with Crippen LogP contribution in [0, 0.1) is 5.92 Å². The van der Waals surface area contributed by atoms with Crippen LogP contribution in [0.2, 0.25) is 0 Å². The largest absolute Gasteiger partial charge is 0.394 e. The Hall–Kier alpha value is -1.55. The van der Waals surface area contributed by atoms with Gasteiger partial charge in [-0.1, -0.05) is 43.2 Å². The lowest BCUT2D eigenvalue weighted by molar-refractivity contribution is 0.147. The number of carbonyl (C=O) groups is 1. The highest BCUT2D eigenvalue weighted by Gasteiger charge is 2.28. The van der Waals surface area contributed by atoms with Crippen LogP contribution in [0.4, 0.5) is 4.79 Å². The molecule has 1 aromatic rings. The molecule has 3 unspecified atom stereocenters. The molecule has 1 aliphatic carbocycles. The molecule has 122 valence electrons. The molecule has 22 heavy (non-hydrogen) atoms. The summed E-state index contributed by atoms with van der Waals surface area (Å²) in [7, 11) is 1.74. The molecule has 1 saturated carbocycles. The van der Waals surface area contributed by atoms with Gasteiger partial charge in [-0.05, 0) is 37.7 Å². The van der Waals surface area contributed by atoms with Crippen molar-refractivity contribution in [2.45, 2.75) is 51.1 Å². The number of carbonyl (C=O) groups excluding carboxylic acids is 1. The predicted octanol–water partition coefficient (Wildman–Crippen LogP) is 2.81. The van der Waals surface area contributed by atoms with Crippen molar-refractivity contribution in [3.63, 3.8) is 0 Å². The number of urea groups is 1. The van der Waals surface area contributed by atoms with Crippen molar-refractivity contribution < 1.29 is 9.90 Å². The second kappa shape index (κ2) is 8.18. The molecule has 1 aromatic carbocycles. The first-order valence-electron chi connectivity index (χ1n) is 8.30. The van der Waals surface area contributed by atoms with E-state index in [0.29, 0.717) is 5.92 Å². The number of aliphatic hydroxyl groups excluding tert-OH is 1. The monoisotopic (exact) mass is 304 g/mol. The summed E-state index contributed by atoms with van der Waals surface area (Å²) < 4.78 is 0. The van der Waals surface area contributed by atoms with Gasteiger partial charge >= 0.3 is 6.03 Å². The zero-order chi connectivity index (χ0) is 15.9. The van der Waals surface area contributed by atoms with E-state index in [4.69, 9.17) is 0 Å². The van der Waals surface area contributed by atoms with E-state index in [9.17, 15) is 9.90 Å². The summed E-state index contributed by atoms with van der Waals surface area (Å²) in [5, 5.41) is 12.4. The highest BCUT2D eigenvalue weighted by Crippen LogP contribution is 2.27. The molecule has 0 aliphatic heterocycles. The van der Waals surface area contributed by atoms with Crippen molar-refractivity contribution in [3.05, 3.63) is 35.9 Å². The van der Waals surface area contributed by atoms with Gasteiger partial charge in [0.2, 0.25) is 0 Å². The topological polar surface area (TPSA) is 52.6 Å². The lowest BCUT2D eigenvalue weighted by atomic mass is 9.81. The Morgan fingerprint density at radius 3 is 2.68 bits per heavy atom. The fraction of sp³-hybridized carbons (Fsp3) is 0.611. The van der Waals surface area contributed by atoms with Gasteiger partial charge in [0.1, 0.15) is 0 Å². The van der Waals surface area contributed by atoms with Crippen molar-refractivity contribution in [2.24, 2.45) is 5.92 Å². The first-order chi connectivity index (χ1) is 10.6. The van der Waals surface area contributed by atoms with Gasteiger partial charge in [-0.2, -0.15) is 0 Å². The summed E-state index contributed by atoms with van der Waals surface area (Å²) in [6.07, 6.45) is 5.65. The minimum absolute atomic E-state index is 0.0119. The fourth-order valence-corrected chi connectivity index (χ4v) is 3.14. The van der Waals surface area contributed by atoms with E-state index < -0.39 is 0 Å². The normalized spacial score (nSPS) is 22.9. The summed E-state index contributed by atoms with van der Waals surface area (Å²) in [5.74, 6) is 0.498. The Balaban J connectivity index is 1.96. The van der Waals surface area contributed by atoms with Gasteiger partial charge in [-0.25, -0.2) is 4.79 Å². The average molecular weight is 304 g/mol. The minimum Gasteiger partial charge on any atom is -0.394 e. The van der Waals surface area contributed by atoms with Crippen molar-refractivity contribution >= 4 is 6.03 Å². The van der Waals surface area contributed by atoms with Gasteiger partial charge in [0.15, 0.2) is 0 Å². The third-order valence-electron chi connectivity index (χ3n) is 4.80. The third kappa shape index (κ3) is 4.47. The van der Waals surface area contributed by atoms with E-state index in [1.165, 1.54) is 24.8 Å². The van der Waals surface area contributed by atoms with Crippen molar-refractivity contribution in [1.29, 1.82) is 0 Å². The molecule has 4 nitrogen and oxygen atoms in total. The number of benzene rings is 1. The molecule has 3 atom stereocenters. The number of likely N-dealkylation sites (N-methyl/N-ethyl adjacent to an activating group) is 1. The van der Waals surface area contributed by atoms with Crippen LogP contribution in [-0.2, 0) is 6.42 Å². The van der Waals surface area contributed by atoms with Crippen LogP contribution < -0.4 is 5.32 Å². The molecule has 0 radical (unpaired) electrons. The molecule has 0 saturated heterocycles. The van der Waals surface area contributed by atoms with Crippen molar-refractivity contribution in [3.8, 4) is 0 Å². The van der Waals surface area contributed by atoms with E-state index in [0.717, 1.165) is 12.8 Å². The predicted molar refractivity (Wildman–Crippen MR) is 88.7 cm³/mol. The van der Waals surface area contributed by atoms with Gasteiger partial charge < -0.3 is 15.3 Å². The molecule has 1 aliphatic rings. The average Bonchev–Trinajstić information content (AvgIpc) is 2.56. The number of hydrogen-bond acceptors (Lipinski definition) is 2.